The molecule has 0 saturated carbocycles. The number of carbonyl (C=O) groups excluding carboxylic acids is 1. The molecule has 0 radical (unpaired) electrons. The molecule has 6 heteroatoms. The Bertz CT molecular complexity index is 730. The van der Waals surface area contributed by atoms with Gasteiger partial charge < -0.3 is 9.57 Å². The van der Waals surface area contributed by atoms with Crippen molar-refractivity contribution in [2.75, 3.05) is 13.8 Å². The van der Waals surface area contributed by atoms with E-state index in [2.05, 4.69) is 5.16 Å². The number of aryl methyl sites for hydroxylation is 2. The number of nitrogens with two attached hydrogens (primary N) is 1. The van der Waals surface area contributed by atoms with Gasteiger partial charge in [-0.1, -0.05) is 47.6 Å². The lowest BCUT2D eigenvalue weighted by Crippen LogP contribution is -2.44. The maximum Gasteiger partial charge on any atom is 0.293 e. The summed E-state index contributed by atoms with van der Waals surface area (Å²) < 4.78 is 5.65. The molecular formula is C18H21N3O3. The first kappa shape index (κ1) is 17.5. The van der Waals surface area contributed by atoms with Gasteiger partial charge >= 0.3 is 0 Å². The van der Waals surface area contributed by atoms with Crippen LogP contribution < -0.4 is 10.6 Å². The minimum absolute atomic E-state index is 0.0985. The predicted molar refractivity (Wildman–Crippen MR) is 92.4 cm³/mol. The maximum absolute atomic E-state index is 12.5. The van der Waals surface area contributed by atoms with E-state index >= 15 is 0 Å². The number of oxime groups is 1. The second-order valence-electron chi connectivity index (χ2n) is 5.31. The van der Waals surface area contributed by atoms with Crippen LogP contribution >= 0.6 is 0 Å². The van der Waals surface area contributed by atoms with Crippen molar-refractivity contribution in [3.8, 4) is 5.75 Å². The summed E-state index contributed by atoms with van der Waals surface area (Å²) in [5, 5.41) is 4.76. The van der Waals surface area contributed by atoms with Crippen LogP contribution in [-0.4, -0.2) is 30.5 Å². The van der Waals surface area contributed by atoms with Crippen LogP contribution in [0.5, 0.6) is 5.75 Å². The van der Waals surface area contributed by atoms with Gasteiger partial charge in [-0.3, -0.25) is 4.79 Å². The van der Waals surface area contributed by atoms with E-state index in [0.29, 0.717) is 11.3 Å². The van der Waals surface area contributed by atoms with Crippen LogP contribution in [0.4, 0.5) is 0 Å². The summed E-state index contributed by atoms with van der Waals surface area (Å²) in [6, 6.07) is 14.8. The van der Waals surface area contributed by atoms with Crippen molar-refractivity contribution in [1.82, 2.24) is 5.01 Å². The Kier molecular flexibility index (Phi) is 5.92. The molecule has 2 aromatic carbocycles. The molecule has 0 aliphatic rings. The normalized spacial score (nSPS) is 11.1. The van der Waals surface area contributed by atoms with Gasteiger partial charge in [0.2, 0.25) is 0 Å². The van der Waals surface area contributed by atoms with Crippen molar-refractivity contribution in [1.29, 1.82) is 0 Å². The highest BCUT2D eigenvalue weighted by molar-refractivity contribution is 6.44. The van der Waals surface area contributed by atoms with Crippen molar-refractivity contribution in [3.05, 3.63) is 65.2 Å². The molecule has 0 saturated heterocycles. The van der Waals surface area contributed by atoms with Crippen LogP contribution in [0.3, 0.4) is 0 Å². The Hall–Kier alpha value is -2.86. The van der Waals surface area contributed by atoms with Gasteiger partial charge in [0.1, 0.15) is 12.9 Å². The zero-order chi connectivity index (χ0) is 17.5. The first-order chi connectivity index (χ1) is 11.5. The van der Waals surface area contributed by atoms with Gasteiger partial charge in [0, 0.05) is 5.56 Å². The molecule has 126 valence electrons. The third kappa shape index (κ3) is 4.33. The Morgan fingerprint density at radius 1 is 1.17 bits per heavy atom. The fourth-order valence-electron chi connectivity index (χ4n) is 2.10. The number of rotatable bonds is 6. The molecular weight excluding hydrogens is 306 g/mol. The third-order valence-electron chi connectivity index (χ3n) is 3.40. The molecule has 0 unspecified atom stereocenters. The minimum Gasteiger partial charge on any atom is -0.471 e. The minimum atomic E-state index is -0.492. The summed E-state index contributed by atoms with van der Waals surface area (Å²) in [5.74, 6) is 6.04. The molecule has 1 amide bonds. The van der Waals surface area contributed by atoms with Crippen LogP contribution in [0.2, 0.25) is 0 Å². The van der Waals surface area contributed by atoms with Crippen molar-refractivity contribution >= 4 is 11.6 Å². The van der Waals surface area contributed by atoms with Gasteiger partial charge in [0.25, 0.3) is 5.91 Å². The molecule has 2 aromatic rings. The number of benzene rings is 2. The number of amides is 1. The highest BCUT2D eigenvalue weighted by Crippen LogP contribution is 2.19. The van der Waals surface area contributed by atoms with Crippen molar-refractivity contribution in [2.24, 2.45) is 11.0 Å². The van der Waals surface area contributed by atoms with Gasteiger partial charge in [-0.05, 0) is 31.0 Å². The molecule has 0 aromatic heterocycles. The first-order valence-electron chi connectivity index (χ1n) is 7.46. The van der Waals surface area contributed by atoms with E-state index in [-0.39, 0.29) is 12.4 Å². The van der Waals surface area contributed by atoms with E-state index in [4.69, 9.17) is 15.4 Å². The predicted octanol–water partition coefficient (Wildman–Crippen LogP) is 2.39. The Morgan fingerprint density at radius 3 is 2.54 bits per heavy atom. The van der Waals surface area contributed by atoms with Crippen LogP contribution in [-0.2, 0) is 9.63 Å². The maximum atomic E-state index is 12.5. The average molecular weight is 327 g/mol. The lowest BCUT2D eigenvalue weighted by atomic mass is 10.1. The summed E-state index contributed by atoms with van der Waals surface area (Å²) in [4.78, 5) is 17.3. The monoisotopic (exact) mass is 327 g/mol. The molecule has 0 aliphatic heterocycles. The average Bonchev–Trinajstić information content (AvgIpc) is 2.60. The molecule has 0 atom stereocenters. The zero-order valence-electron chi connectivity index (χ0n) is 14.0. The molecule has 6 nitrogen and oxygen atoms in total. The second-order valence-corrected chi connectivity index (χ2v) is 5.31. The SMILES string of the molecule is CON=C(C(=O)N(N)COc1cc(C)ccc1C)c1ccccc1. The highest BCUT2D eigenvalue weighted by Gasteiger charge is 2.20. The van der Waals surface area contributed by atoms with E-state index in [1.165, 1.54) is 7.11 Å². The standard InChI is InChI=1S/C18H21N3O3/c1-13-9-10-14(2)16(11-13)24-12-21(19)18(22)17(20-23-3)15-7-5-4-6-8-15/h4-11H,12,19H2,1-3H3. The number of hydrogen-bond acceptors (Lipinski definition) is 5. The number of hydrazine groups is 1. The molecule has 0 spiro atoms. The van der Waals surface area contributed by atoms with Gasteiger partial charge in [-0.25, -0.2) is 10.9 Å². The number of carbonyl (C=O) groups is 1. The Morgan fingerprint density at radius 2 is 1.88 bits per heavy atom. The number of nitrogens with zero attached hydrogens (tertiary/aromatic N) is 2. The highest BCUT2D eigenvalue weighted by atomic mass is 16.6. The molecule has 0 fully saturated rings. The summed E-state index contributed by atoms with van der Waals surface area (Å²) in [6.45, 7) is 3.80. The summed E-state index contributed by atoms with van der Waals surface area (Å²) >= 11 is 0. The molecule has 0 bridgehead atoms. The second kappa shape index (κ2) is 8.12. The van der Waals surface area contributed by atoms with Crippen molar-refractivity contribution < 1.29 is 14.4 Å². The van der Waals surface area contributed by atoms with E-state index in [0.717, 1.165) is 16.1 Å². The zero-order valence-corrected chi connectivity index (χ0v) is 14.0. The lowest BCUT2D eigenvalue weighted by molar-refractivity contribution is -0.127. The number of hydrogen-bond donors (Lipinski definition) is 1. The third-order valence-corrected chi connectivity index (χ3v) is 3.40. The van der Waals surface area contributed by atoms with Crippen molar-refractivity contribution in [3.63, 3.8) is 0 Å². The molecule has 0 aliphatic carbocycles. The fourth-order valence-corrected chi connectivity index (χ4v) is 2.10. The van der Waals surface area contributed by atoms with Gasteiger partial charge in [0.15, 0.2) is 12.4 Å². The topological polar surface area (TPSA) is 77.2 Å². The van der Waals surface area contributed by atoms with Crippen LogP contribution in [0.15, 0.2) is 53.7 Å². The van der Waals surface area contributed by atoms with Crippen LogP contribution in [0, 0.1) is 13.8 Å². The van der Waals surface area contributed by atoms with E-state index in [1.807, 2.05) is 38.1 Å². The summed E-state index contributed by atoms with van der Waals surface area (Å²) in [6.07, 6.45) is 0. The quantitative estimate of drug-likeness (QED) is 0.290. The fraction of sp³-hybridized carbons (Fsp3) is 0.222. The molecule has 2 rings (SSSR count). The van der Waals surface area contributed by atoms with E-state index < -0.39 is 5.91 Å². The Labute approximate surface area is 141 Å². The van der Waals surface area contributed by atoms with Gasteiger partial charge in [-0.15, -0.1) is 0 Å². The van der Waals surface area contributed by atoms with Gasteiger partial charge in [-0.2, -0.15) is 0 Å². The first-order valence-corrected chi connectivity index (χ1v) is 7.46. The largest absolute Gasteiger partial charge is 0.471 e. The molecule has 24 heavy (non-hydrogen) atoms. The molecule has 0 heterocycles. The van der Waals surface area contributed by atoms with E-state index in [1.54, 1.807) is 24.3 Å². The lowest BCUT2D eigenvalue weighted by Gasteiger charge is -2.19. The summed E-state index contributed by atoms with van der Waals surface area (Å²) in [7, 11) is 1.38. The van der Waals surface area contributed by atoms with Crippen LogP contribution in [0.25, 0.3) is 0 Å². The smallest absolute Gasteiger partial charge is 0.293 e. The van der Waals surface area contributed by atoms with Crippen molar-refractivity contribution in [2.45, 2.75) is 13.8 Å². The summed E-state index contributed by atoms with van der Waals surface area (Å²) in [5.41, 5.74) is 2.77. The van der Waals surface area contributed by atoms with E-state index in [9.17, 15) is 4.79 Å². The number of ether oxygens (including phenoxy) is 1. The van der Waals surface area contributed by atoms with Gasteiger partial charge in [0.05, 0.1) is 0 Å². The van der Waals surface area contributed by atoms with Crippen LogP contribution in [0.1, 0.15) is 16.7 Å². The molecule has 2 N–H and O–H groups in total. The Balaban J connectivity index is 2.10.